The minimum Gasteiger partial charge on any atom is -0.368 e. The van der Waals surface area contributed by atoms with E-state index in [-0.39, 0.29) is 12.2 Å². The number of allylic oxidation sites excluding steroid dienone is 1. The van der Waals surface area contributed by atoms with Crippen LogP contribution in [0.2, 0.25) is 0 Å². The van der Waals surface area contributed by atoms with Crippen LogP contribution in [0.3, 0.4) is 0 Å². The van der Waals surface area contributed by atoms with Crippen molar-refractivity contribution in [2.75, 3.05) is 11.9 Å². The van der Waals surface area contributed by atoms with E-state index in [1.165, 1.54) is 11.6 Å². The molecule has 0 spiro atoms. The van der Waals surface area contributed by atoms with Crippen molar-refractivity contribution in [3.63, 3.8) is 0 Å². The molecule has 2 N–H and O–H groups in total. The van der Waals surface area contributed by atoms with Crippen molar-refractivity contribution in [2.45, 2.75) is 57.4 Å². The number of aryl methyl sites for hydroxylation is 1. The molecule has 0 fully saturated rings. The second kappa shape index (κ2) is 9.54. The summed E-state index contributed by atoms with van der Waals surface area (Å²) >= 11 is 0. The Balaban J connectivity index is 1.27. The number of aromatic nitrogens is 4. The number of fused-ring (bicyclic) bond motifs is 3. The van der Waals surface area contributed by atoms with E-state index in [0.717, 1.165) is 56.0 Å². The zero-order chi connectivity index (χ0) is 22.6. The lowest BCUT2D eigenvalue weighted by molar-refractivity contribution is -0.137. The average molecular weight is 445 g/mol. The molecule has 2 unspecified atom stereocenters. The van der Waals surface area contributed by atoms with Crippen LogP contribution in [0.4, 0.5) is 19.0 Å². The van der Waals surface area contributed by atoms with Crippen molar-refractivity contribution < 1.29 is 13.2 Å². The molecule has 4 rings (SSSR count). The summed E-state index contributed by atoms with van der Waals surface area (Å²) in [6, 6.07) is 2.53. The monoisotopic (exact) mass is 445 g/mol. The first-order valence-electron chi connectivity index (χ1n) is 10.8. The molecule has 2 atom stereocenters. The van der Waals surface area contributed by atoms with Crippen molar-refractivity contribution in [3.8, 4) is 0 Å². The molecule has 2 aliphatic rings. The lowest BCUT2D eigenvalue weighted by atomic mass is 10.1. The molecule has 0 saturated carbocycles. The molecular formula is C22H26F3N7. The molecule has 2 aromatic heterocycles. The summed E-state index contributed by atoms with van der Waals surface area (Å²) in [6.45, 7) is 2.63. The van der Waals surface area contributed by atoms with Crippen molar-refractivity contribution >= 4 is 12.0 Å². The Kier molecular flexibility index (Phi) is 6.57. The zero-order valence-electron chi connectivity index (χ0n) is 17.8. The number of anilines is 1. The van der Waals surface area contributed by atoms with Crippen molar-refractivity contribution in [2.24, 2.45) is 4.99 Å². The maximum Gasteiger partial charge on any atom is 0.417 e. The largest absolute Gasteiger partial charge is 0.417 e. The topological polar surface area (TPSA) is 80.0 Å². The number of aliphatic imine (C=N–C) groups is 1. The van der Waals surface area contributed by atoms with Gasteiger partial charge in [0.25, 0.3) is 0 Å². The molecule has 2 aromatic rings. The van der Waals surface area contributed by atoms with Gasteiger partial charge in [0.15, 0.2) is 5.82 Å². The number of pyridine rings is 1. The van der Waals surface area contributed by atoms with Crippen molar-refractivity contribution in [3.05, 3.63) is 59.5 Å². The van der Waals surface area contributed by atoms with E-state index in [9.17, 15) is 13.2 Å². The Morgan fingerprint density at radius 2 is 2.12 bits per heavy atom. The average Bonchev–Trinajstić information content (AvgIpc) is 3.41. The van der Waals surface area contributed by atoms with Gasteiger partial charge in [0, 0.05) is 19.2 Å². The van der Waals surface area contributed by atoms with Gasteiger partial charge in [-0.05, 0) is 50.1 Å². The van der Waals surface area contributed by atoms with Gasteiger partial charge >= 0.3 is 6.18 Å². The van der Waals surface area contributed by atoms with Crippen LogP contribution in [0.15, 0.2) is 47.2 Å². The van der Waals surface area contributed by atoms with Crippen molar-refractivity contribution in [1.29, 1.82) is 0 Å². The first-order valence-corrected chi connectivity index (χ1v) is 10.8. The van der Waals surface area contributed by atoms with E-state index in [1.54, 1.807) is 6.21 Å². The van der Waals surface area contributed by atoms with E-state index < -0.39 is 11.7 Å². The summed E-state index contributed by atoms with van der Waals surface area (Å²) < 4.78 is 40.2. The van der Waals surface area contributed by atoms with E-state index >= 15 is 0 Å². The molecule has 0 aromatic carbocycles. The molecule has 170 valence electrons. The number of alkyl halides is 3. The minimum absolute atomic E-state index is 0.0150. The number of hydrogen-bond acceptors (Lipinski definition) is 6. The summed E-state index contributed by atoms with van der Waals surface area (Å²) in [4.78, 5) is 8.33. The summed E-state index contributed by atoms with van der Waals surface area (Å²) in [5, 5.41) is 15.0. The van der Waals surface area contributed by atoms with Crippen LogP contribution in [0.5, 0.6) is 0 Å². The highest BCUT2D eigenvalue weighted by atomic mass is 19.4. The van der Waals surface area contributed by atoms with E-state index in [2.05, 4.69) is 54.5 Å². The number of hydrogen-bond donors (Lipinski definition) is 2. The van der Waals surface area contributed by atoms with E-state index in [4.69, 9.17) is 0 Å². The number of nitrogens with zero attached hydrogens (tertiary/aromatic N) is 5. The number of rotatable bonds is 9. The molecule has 0 bridgehead atoms. The normalized spacial score (nSPS) is 19.6. The van der Waals surface area contributed by atoms with Gasteiger partial charge in [-0.25, -0.2) is 4.98 Å². The van der Waals surface area contributed by atoms with Gasteiger partial charge in [0.05, 0.1) is 17.8 Å². The summed E-state index contributed by atoms with van der Waals surface area (Å²) in [7, 11) is 0. The fourth-order valence-corrected chi connectivity index (χ4v) is 3.94. The van der Waals surface area contributed by atoms with Crippen LogP contribution in [0.25, 0.3) is 0 Å². The molecule has 10 heteroatoms. The van der Waals surface area contributed by atoms with Crippen LogP contribution < -0.4 is 10.6 Å². The molecular weight excluding hydrogens is 419 g/mol. The highest BCUT2D eigenvalue weighted by molar-refractivity contribution is 5.76. The van der Waals surface area contributed by atoms with Gasteiger partial charge in [-0.3, -0.25) is 9.56 Å². The third kappa shape index (κ3) is 5.00. The standard InChI is InChI=1S/C22H26F3N7/c1-2-5-15(12-27-18-9-8-16(13-28-18)22(23,24)25)6-3-4-7-19-30-31-20-14-29-21-17(32(19)20)10-11-26-21/h5,8-11,13-14,17,21,26H,2-4,6-7,12H2,1H3,(H,27,28)/b15-5+. The van der Waals surface area contributed by atoms with Crippen LogP contribution in [0, 0.1) is 0 Å². The van der Waals surface area contributed by atoms with Gasteiger partial charge in [-0.1, -0.05) is 18.6 Å². The van der Waals surface area contributed by atoms with Gasteiger partial charge < -0.3 is 10.6 Å². The Bertz CT molecular complexity index is 1010. The molecule has 0 radical (unpaired) electrons. The van der Waals surface area contributed by atoms with Crippen LogP contribution in [-0.4, -0.2) is 38.7 Å². The molecule has 32 heavy (non-hydrogen) atoms. The second-order valence-electron chi connectivity index (χ2n) is 7.84. The number of halogens is 3. The fourth-order valence-electron chi connectivity index (χ4n) is 3.94. The van der Waals surface area contributed by atoms with E-state index in [1.807, 2.05) is 6.20 Å². The molecule has 0 aliphatic carbocycles. The third-order valence-corrected chi connectivity index (χ3v) is 5.55. The smallest absolute Gasteiger partial charge is 0.368 e. The molecule has 7 nitrogen and oxygen atoms in total. The Labute approximate surface area is 184 Å². The third-order valence-electron chi connectivity index (χ3n) is 5.55. The number of nitrogens with one attached hydrogen (secondary N) is 2. The fraction of sp³-hybridized carbons (Fsp3) is 0.455. The molecule has 0 saturated heterocycles. The Hall–Kier alpha value is -3.17. The lowest BCUT2D eigenvalue weighted by Crippen LogP contribution is -2.32. The van der Waals surface area contributed by atoms with Gasteiger partial charge in [0.2, 0.25) is 0 Å². The summed E-state index contributed by atoms with van der Waals surface area (Å²) in [5.74, 6) is 2.18. The Morgan fingerprint density at radius 3 is 2.88 bits per heavy atom. The SMILES string of the molecule is CC/C=C(\CCCCc1nnc2n1C1C=CNC1N=C2)CNc1ccc(C(F)(F)F)cn1. The quantitative estimate of drug-likeness (QED) is 0.445. The predicted molar refractivity (Wildman–Crippen MR) is 116 cm³/mol. The zero-order valence-corrected chi connectivity index (χ0v) is 17.8. The maximum absolute atomic E-state index is 12.7. The number of unbranched alkanes of at least 4 members (excludes halogenated alkanes) is 1. The lowest BCUT2D eigenvalue weighted by Gasteiger charge is -2.23. The van der Waals surface area contributed by atoms with Crippen molar-refractivity contribution in [1.82, 2.24) is 25.1 Å². The van der Waals surface area contributed by atoms with E-state index in [0.29, 0.717) is 12.4 Å². The van der Waals surface area contributed by atoms with Gasteiger partial charge in [-0.2, -0.15) is 13.2 Å². The first kappa shape index (κ1) is 22.0. The molecule has 4 heterocycles. The predicted octanol–water partition coefficient (Wildman–Crippen LogP) is 4.27. The molecule has 2 aliphatic heterocycles. The summed E-state index contributed by atoms with van der Waals surface area (Å²) in [6.07, 6.45) is 8.99. The first-order chi connectivity index (χ1) is 15.5. The van der Waals surface area contributed by atoms with Crippen LogP contribution in [-0.2, 0) is 12.6 Å². The highest BCUT2D eigenvalue weighted by Gasteiger charge is 2.31. The van der Waals surface area contributed by atoms with Gasteiger partial charge in [0.1, 0.15) is 17.8 Å². The molecule has 0 amide bonds. The maximum atomic E-state index is 12.7. The highest BCUT2D eigenvalue weighted by Crippen LogP contribution is 2.29. The second-order valence-corrected chi connectivity index (χ2v) is 7.84. The van der Waals surface area contributed by atoms with Crippen LogP contribution >= 0.6 is 0 Å². The Morgan fingerprint density at radius 1 is 1.25 bits per heavy atom. The van der Waals surface area contributed by atoms with Gasteiger partial charge in [-0.15, -0.1) is 10.2 Å². The van der Waals surface area contributed by atoms with Crippen LogP contribution in [0.1, 0.15) is 55.9 Å². The minimum atomic E-state index is -4.37. The summed E-state index contributed by atoms with van der Waals surface area (Å²) in [5.41, 5.74) is 0.470.